The van der Waals surface area contributed by atoms with Crippen molar-refractivity contribution < 1.29 is 4.79 Å². The molecule has 0 unspecified atom stereocenters. The molecule has 0 fully saturated rings. The number of carbonyl (C=O) groups is 1. The summed E-state index contributed by atoms with van der Waals surface area (Å²) in [5.74, 6) is -0.0718. The van der Waals surface area contributed by atoms with E-state index in [4.69, 9.17) is 5.26 Å². The summed E-state index contributed by atoms with van der Waals surface area (Å²) < 4.78 is 1.60. The van der Waals surface area contributed by atoms with Crippen molar-refractivity contribution in [2.45, 2.75) is 20.4 Å². The highest BCUT2D eigenvalue weighted by Crippen LogP contribution is 2.15. The Balaban J connectivity index is 2.45. The van der Waals surface area contributed by atoms with E-state index in [9.17, 15) is 4.79 Å². The third-order valence-corrected chi connectivity index (χ3v) is 2.80. The van der Waals surface area contributed by atoms with Crippen LogP contribution in [0.25, 0.3) is 0 Å². The quantitative estimate of drug-likeness (QED) is 0.772. The van der Waals surface area contributed by atoms with E-state index in [-0.39, 0.29) is 5.78 Å². The van der Waals surface area contributed by atoms with Crippen molar-refractivity contribution in [1.82, 2.24) is 9.78 Å². The molecule has 18 heavy (non-hydrogen) atoms. The number of hydrogen-bond donors (Lipinski definition) is 0. The lowest BCUT2D eigenvalue weighted by Crippen LogP contribution is -2.10. The first-order valence-corrected chi connectivity index (χ1v) is 5.66. The van der Waals surface area contributed by atoms with Gasteiger partial charge in [0.05, 0.1) is 6.54 Å². The fourth-order valence-corrected chi connectivity index (χ4v) is 1.97. The summed E-state index contributed by atoms with van der Waals surface area (Å²) in [5, 5.41) is 13.1. The number of nitriles is 1. The molecule has 2 rings (SSSR count). The summed E-state index contributed by atoms with van der Waals surface area (Å²) in [5.41, 5.74) is 2.53. The first kappa shape index (κ1) is 12.1. The molecule has 0 aliphatic rings. The van der Waals surface area contributed by atoms with Gasteiger partial charge >= 0.3 is 0 Å². The summed E-state index contributed by atoms with van der Waals surface area (Å²) in [6.07, 6.45) is 0. The molecule has 0 aliphatic carbocycles. The van der Waals surface area contributed by atoms with Crippen LogP contribution in [0.4, 0.5) is 0 Å². The molecular weight excluding hydrogens is 226 g/mol. The maximum Gasteiger partial charge on any atom is 0.178 e. The summed E-state index contributed by atoms with van der Waals surface area (Å²) >= 11 is 0. The number of aromatic nitrogens is 2. The predicted octanol–water partition coefficient (Wildman–Crippen LogP) is 2.31. The molecule has 0 aliphatic heterocycles. The largest absolute Gasteiger partial charge is 0.293 e. The van der Waals surface area contributed by atoms with Crippen LogP contribution in [0, 0.1) is 18.3 Å². The molecule has 0 saturated carbocycles. The molecule has 0 amide bonds. The zero-order valence-electron chi connectivity index (χ0n) is 10.3. The van der Waals surface area contributed by atoms with Gasteiger partial charge in [-0.2, -0.15) is 10.4 Å². The molecule has 1 heterocycles. The lowest BCUT2D eigenvalue weighted by Gasteiger charge is -2.05. The Morgan fingerprint density at radius 1 is 1.39 bits per heavy atom. The Bertz CT molecular complexity index is 620. The van der Waals surface area contributed by atoms with Crippen molar-refractivity contribution in [3.63, 3.8) is 0 Å². The van der Waals surface area contributed by atoms with Crippen LogP contribution in [0.5, 0.6) is 0 Å². The van der Waals surface area contributed by atoms with E-state index in [1.807, 2.05) is 36.4 Å². The minimum absolute atomic E-state index is 0.0718. The highest BCUT2D eigenvalue weighted by Gasteiger charge is 2.17. The monoisotopic (exact) mass is 239 g/mol. The highest BCUT2D eigenvalue weighted by molar-refractivity contribution is 5.94. The van der Waals surface area contributed by atoms with Crippen LogP contribution in [0.15, 0.2) is 30.3 Å². The average molecular weight is 239 g/mol. The van der Waals surface area contributed by atoms with E-state index < -0.39 is 0 Å². The second kappa shape index (κ2) is 4.84. The van der Waals surface area contributed by atoms with E-state index in [1.54, 1.807) is 11.6 Å². The van der Waals surface area contributed by atoms with Crippen LogP contribution in [-0.4, -0.2) is 15.6 Å². The molecule has 90 valence electrons. The second-order valence-electron chi connectivity index (χ2n) is 4.13. The molecule has 0 N–H and O–H groups in total. The van der Waals surface area contributed by atoms with E-state index in [0.29, 0.717) is 23.5 Å². The summed E-state index contributed by atoms with van der Waals surface area (Å²) in [7, 11) is 0. The summed E-state index contributed by atoms with van der Waals surface area (Å²) in [6.45, 7) is 3.74. The molecule has 0 saturated heterocycles. The number of ketones is 1. The van der Waals surface area contributed by atoms with Gasteiger partial charge in [-0.3, -0.25) is 9.48 Å². The third kappa shape index (κ3) is 2.16. The topological polar surface area (TPSA) is 58.7 Å². The lowest BCUT2D eigenvalue weighted by molar-refractivity contribution is 0.100. The zero-order chi connectivity index (χ0) is 13.1. The average Bonchev–Trinajstić information content (AvgIpc) is 2.66. The molecular formula is C14H13N3O. The Morgan fingerprint density at radius 3 is 2.61 bits per heavy atom. The van der Waals surface area contributed by atoms with Gasteiger partial charge < -0.3 is 0 Å². The Hall–Kier alpha value is -2.41. The van der Waals surface area contributed by atoms with Gasteiger partial charge in [-0.1, -0.05) is 30.3 Å². The third-order valence-electron chi connectivity index (χ3n) is 2.80. The van der Waals surface area contributed by atoms with Crippen LogP contribution in [0.2, 0.25) is 0 Å². The molecule has 2 aromatic rings. The first-order valence-electron chi connectivity index (χ1n) is 5.66. The molecule has 0 atom stereocenters. The van der Waals surface area contributed by atoms with Crippen molar-refractivity contribution in [3.8, 4) is 6.07 Å². The number of benzene rings is 1. The zero-order valence-corrected chi connectivity index (χ0v) is 10.3. The smallest absolute Gasteiger partial charge is 0.178 e. The molecule has 1 aromatic heterocycles. The van der Waals surface area contributed by atoms with Gasteiger partial charge in [-0.15, -0.1) is 0 Å². The van der Waals surface area contributed by atoms with Gasteiger partial charge in [0.25, 0.3) is 0 Å². The maximum atomic E-state index is 11.6. The lowest BCUT2D eigenvalue weighted by atomic mass is 10.1. The Kier molecular flexibility index (Phi) is 3.24. The minimum Gasteiger partial charge on any atom is -0.293 e. The van der Waals surface area contributed by atoms with Crippen LogP contribution >= 0.6 is 0 Å². The minimum atomic E-state index is -0.0718. The van der Waals surface area contributed by atoms with Crippen LogP contribution in [-0.2, 0) is 6.54 Å². The maximum absolute atomic E-state index is 11.6. The summed E-state index contributed by atoms with van der Waals surface area (Å²) in [4.78, 5) is 11.6. The standard InChI is InChI=1S/C14H13N3O/c1-10-13(8-15)16-17(14(10)11(2)18)9-12-6-4-3-5-7-12/h3-7H,9H2,1-2H3. The van der Waals surface area contributed by atoms with Crippen LogP contribution in [0.3, 0.4) is 0 Å². The van der Waals surface area contributed by atoms with Crippen molar-refractivity contribution in [2.24, 2.45) is 0 Å². The SMILES string of the molecule is CC(=O)c1c(C)c(C#N)nn1Cc1ccccc1. The van der Waals surface area contributed by atoms with Gasteiger partial charge in [-0.25, -0.2) is 0 Å². The normalized spacial score (nSPS) is 10.1. The van der Waals surface area contributed by atoms with E-state index in [2.05, 4.69) is 5.10 Å². The summed E-state index contributed by atoms with van der Waals surface area (Å²) in [6, 6.07) is 11.7. The molecule has 0 bridgehead atoms. The first-order chi connectivity index (χ1) is 8.63. The predicted molar refractivity (Wildman–Crippen MR) is 67.2 cm³/mol. The highest BCUT2D eigenvalue weighted by atomic mass is 16.1. The molecule has 0 radical (unpaired) electrons. The number of Topliss-reactive ketones (excluding diaryl/α,β-unsaturated/α-hetero) is 1. The number of rotatable bonds is 3. The van der Waals surface area contributed by atoms with Gasteiger partial charge in [-0.05, 0) is 12.5 Å². The Morgan fingerprint density at radius 2 is 2.06 bits per heavy atom. The van der Waals surface area contributed by atoms with E-state index in [0.717, 1.165) is 5.56 Å². The van der Waals surface area contributed by atoms with Crippen molar-refractivity contribution in [3.05, 3.63) is 52.8 Å². The number of hydrogen-bond acceptors (Lipinski definition) is 3. The molecule has 0 spiro atoms. The van der Waals surface area contributed by atoms with Gasteiger partial charge in [0.2, 0.25) is 0 Å². The molecule has 4 nitrogen and oxygen atoms in total. The fourth-order valence-electron chi connectivity index (χ4n) is 1.97. The Labute approximate surface area is 105 Å². The van der Waals surface area contributed by atoms with Crippen LogP contribution < -0.4 is 0 Å². The van der Waals surface area contributed by atoms with Crippen molar-refractivity contribution >= 4 is 5.78 Å². The van der Waals surface area contributed by atoms with Crippen molar-refractivity contribution in [1.29, 1.82) is 5.26 Å². The van der Waals surface area contributed by atoms with Gasteiger partial charge in [0.1, 0.15) is 11.8 Å². The van der Waals surface area contributed by atoms with Crippen LogP contribution in [0.1, 0.15) is 34.2 Å². The van der Waals surface area contributed by atoms with Gasteiger partial charge in [0.15, 0.2) is 11.5 Å². The number of nitrogens with zero attached hydrogens (tertiary/aromatic N) is 3. The van der Waals surface area contributed by atoms with Crippen molar-refractivity contribution in [2.75, 3.05) is 0 Å². The molecule has 1 aromatic carbocycles. The second-order valence-corrected chi connectivity index (χ2v) is 4.13. The number of carbonyl (C=O) groups excluding carboxylic acids is 1. The fraction of sp³-hybridized carbons (Fsp3) is 0.214. The molecule has 4 heteroatoms. The van der Waals surface area contributed by atoms with E-state index >= 15 is 0 Å². The van der Waals surface area contributed by atoms with E-state index in [1.165, 1.54) is 6.92 Å². The van der Waals surface area contributed by atoms with Gasteiger partial charge in [0, 0.05) is 12.5 Å².